The summed E-state index contributed by atoms with van der Waals surface area (Å²) in [4.78, 5) is 55.5. The number of hydrogen-bond donors (Lipinski definition) is 2. The van der Waals surface area contributed by atoms with Crippen molar-refractivity contribution >= 4 is 23.5 Å². The quantitative estimate of drug-likeness (QED) is 0.284. The molecule has 3 fully saturated rings. The van der Waals surface area contributed by atoms with Gasteiger partial charge in [0.15, 0.2) is 5.78 Å². The topological polar surface area (TPSA) is 113 Å². The minimum atomic E-state index is -0.816. The zero-order valence-electron chi connectivity index (χ0n) is 29.2. The number of piperidine rings is 1. The molecule has 1 aromatic carbocycles. The standard InChI is InChI=1S/C38H54FN5O4/c1-5-34(46)41-35(38(48)43-20-17-25(3)18-21-43)26(4)28-14-15-29(31(39)22-28)23-33(45)36(27-12-10-24(2)11-13-27)42-37(47)32-16-19-40-44(32)30-8-6-7-9-30/h14-16,19,22,24-27,30,35-36H,5-13,17-18,20-21,23H2,1-4H3,(H,41,46)(H,42,47)/t24?,26-,27?,35+,36-/m0/s1. The van der Waals surface area contributed by atoms with Crippen LogP contribution in [0.2, 0.25) is 0 Å². The first-order valence-corrected chi connectivity index (χ1v) is 18.3. The lowest BCUT2D eigenvalue weighted by Gasteiger charge is -2.35. The van der Waals surface area contributed by atoms with Crippen LogP contribution in [0.3, 0.4) is 0 Å². The smallest absolute Gasteiger partial charge is 0.270 e. The molecule has 1 aliphatic heterocycles. The summed E-state index contributed by atoms with van der Waals surface area (Å²) in [6.45, 7) is 9.24. The minimum absolute atomic E-state index is 0.0189. The van der Waals surface area contributed by atoms with Gasteiger partial charge < -0.3 is 15.5 Å². The largest absolute Gasteiger partial charge is 0.344 e. The lowest BCUT2D eigenvalue weighted by molar-refractivity contribution is -0.138. The summed E-state index contributed by atoms with van der Waals surface area (Å²) in [5, 5.41) is 10.4. The van der Waals surface area contributed by atoms with Crippen molar-refractivity contribution in [1.82, 2.24) is 25.3 Å². The Morgan fingerprint density at radius 2 is 1.58 bits per heavy atom. The molecule has 2 aliphatic carbocycles. The van der Waals surface area contributed by atoms with E-state index in [0.717, 1.165) is 64.2 Å². The van der Waals surface area contributed by atoms with E-state index in [0.29, 0.717) is 36.2 Å². The molecule has 0 radical (unpaired) electrons. The molecule has 3 amide bonds. The molecule has 0 unspecified atom stereocenters. The number of carbonyl (C=O) groups is 4. The molecule has 262 valence electrons. The molecular weight excluding hydrogens is 609 g/mol. The molecule has 10 heteroatoms. The zero-order valence-corrected chi connectivity index (χ0v) is 29.2. The Morgan fingerprint density at radius 1 is 0.917 bits per heavy atom. The Bertz CT molecular complexity index is 1440. The average molecular weight is 664 g/mol. The lowest BCUT2D eigenvalue weighted by Crippen LogP contribution is -2.52. The van der Waals surface area contributed by atoms with E-state index in [1.54, 1.807) is 36.0 Å². The second-order valence-corrected chi connectivity index (χ2v) is 14.8. The van der Waals surface area contributed by atoms with Crippen molar-refractivity contribution in [3.8, 4) is 0 Å². The van der Waals surface area contributed by atoms with E-state index in [2.05, 4.69) is 29.6 Å². The Balaban J connectivity index is 1.32. The second kappa shape index (κ2) is 16.2. The summed E-state index contributed by atoms with van der Waals surface area (Å²) in [6, 6.07) is 5.11. The van der Waals surface area contributed by atoms with Gasteiger partial charge in [-0.3, -0.25) is 23.9 Å². The third kappa shape index (κ3) is 8.53. The number of carbonyl (C=O) groups excluding carboxylic acids is 4. The molecule has 1 aromatic heterocycles. The molecule has 2 aromatic rings. The van der Waals surface area contributed by atoms with Crippen molar-refractivity contribution in [2.75, 3.05) is 13.1 Å². The second-order valence-electron chi connectivity index (χ2n) is 14.8. The highest BCUT2D eigenvalue weighted by Crippen LogP contribution is 2.33. The summed E-state index contributed by atoms with van der Waals surface area (Å²) < 4.78 is 17.6. The van der Waals surface area contributed by atoms with Crippen LogP contribution in [0.25, 0.3) is 0 Å². The molecule has 0 bridgehead atoms. The molecule has 2 N–H and O–H groups in total. The molecule has 3 atom stereocenters. The van der Waals surface area contributed by atoms with Crippen molar-refractivity contribution in [2.45, 2.75) is 129 Å². The van der Waals surface area contributed by atoms with Gasteiger partial charge in [-0.25, -0.2) is 4.39 Å². The number of halogens is 1. The van der Waals surface area contributed by atoms with Gasteiger partial charge in [0.2, 0.25) is 11.8 Å². The van der Waals surface area contributed by atoms with Crippen LogP contribution < -0.4 is 10.6 Å². The number of rotatable bonds is 12. The number of aromatic nitrogens is 2. The van der Waals surface area contributed by atoms with Crippen LogP contribution in [-0.2, 0) is 20.8 Å². The van der Waals surface area contributed by atoms with Gasteiger partial charge in [-0.05, 0) is 79.5 Å². The number of likely N-dealkylation sites (tertiary alicyclic amines) is 1. The van der Waals surface area contributed by atoms with Crippen LogP contribution in [-0.4, -0.2) is 63.4 Å². The van der Waals surface area contributed by atoms with Crippen molar-refractivity contribution in [3.63, 3.8) is 0 Å². The number of ketones is 1. The van der Waals surface area contributed by atoms with Gasteiger partial charge in [0.1, 0.15) is 17.6 Å². The van der Waals surface area contributed by atoms with Crippen LogP contribution >= 0.6 is 0 Å². The minimum Gasteiger partial charge on any atom is -0.344 e. The van der Waals surface area contributed by atoms with Crippen LogP contribution in [0.5, 0.6) is 0 Å². The molecule has 0 spiro atoms. The summed E-state index contributed by atoms with van der Waals surface area (Å²) in [5.74, 6) is -0.813. The van der Waals surface area contributed by atoms with Crippen LogP contribution in [0.4, 0.5) is 4.39 Å². The Labute approximate surface area is 284 Å². The van der Waals surface area contributed by atoms with Crippen molar-refractivity contribution < 1.29 is 23.6 Å². The molecule has 48 heavy (non-hydrogen) atoms. The maximum absolute atomic E-state index is 15.8. The molecule has 1 saturated heterocycles. The predicted molar refractivity (Wildman–Crippen MR) is 183 cm³/mol. The van der Waals surface area contributed by atoms with Gasteiger partial charge in [0, 0.05) is 38.0 Å². The number of benzene rings is 1. The molecular formula is C38H54FN5O4. The molecule has 5 rings (SSSR count). The van der Waals surface area contributed by atoms with Gasteiger partial charge in [-0.15, -0.1) is 0 Å². The van der Waals surface area contributed by atoms with Crippen LogP contribution in [0.15, 0.2) is 30.5 Å². The molecule has 9 nitrogen and oxygen atoms in total. The summed E-state index contributed by atoms with van der Waals surface area (Å²) in [6.07, 6.45) is 11.4. The van der Waals surface area contributed by atoms with Gasteiger partial charge in [-0.2, -0.15) is 5.10 Å². The van der Waals surface area contributed by atoms with Crippen molar-refractivity contribution in [1.29, 1.82) is 0 Å². The number of nitrogens with zero attached hydrogens (tertiary/aromatic N) is 3. The van der Waals surface area contributed by atoms with Gasteiger partial charge >= 0.3 is 0 Å². The van der Waals surface area contributed by atoms with Crippen molar-refractivity contribution in [2.24, 2.45) is 17.8 Å². The van der Waals surface area contributed by atoms with E-state index in [-0.39, 0.29) is 53.9 Å². The summed E-state index contributed by atoms with van der Waals surface area (Å²) >= 11 is 0. The Hall–Kier alpha value is -3.56. The van der Waals surface area contributed by atoms with E-state index in [9.17, 15) is 19.2 Å². The maximum atomic E-state index is 15.8. The summed E-state index contributed by atoms with van der Waals surface area (Å²) in [5.41, 5.74) is 1.29. The highest BCUT2D eigenvalue weighted by Gasteiger charge is 2.36. The first-order chi connectivity index (χ1) is 23.0. The fourth-order valence-electron chi connectivity index (χ4n) is 7.81. The van der Waals surface area contributed by atoms with Gasteiger partial charge in [0.25, 0.3) is 5.91 Å². The highest BCUT2D eigenvalue weighted by molar-refractivity contribution is 5.97. The lowest BCUT2D eigenvalue weighted by atomic mass is 9.77. The van der Waals surface area contributed by atoms with Gasteiger partial charge in [-0.1, -0.05) is 65.5 Å². The molecule has 3 aliphatic rings. The zero-order chi connectivity index (χ0) is 34.4. The average Bonchev–Trinajstić information content (AvgIpc) is 3.80. The van der Waals surface area contributed by atoms with Gasteiger partial charge in [0.05, 0.1) is 12.1 Å². The number of hydrogen-bond acceptors (Lipinski definition) is 5. The number of Topliss-reactive ketones (excluding diaryl/α,β-unsaturated/α-hetero) is 1. The number of nitrogens with one attached hydrogen (secondary N) is 2. The van der Waals surface area contributed by atoms with Crippen LogP contribution in [0, 0.1) is 23.6 Å². The number of amides is 3. The fourth-order valence-corrected chi connectivity index (χ4v) is 7.81. The maximum Gasteiger partial charge on any atom is 0.270 e. The first kappa shape index (κ1) is 35.7. The Kier molecular flexibility index (Phi) is 12.1. The fraction of sp³-hybridized carbons (Fsp3) is 0.658. The first-order valence-electron chi connectivity index (χ1n) is 18.3. The van der Waals surface area contributed by atoms with E-state index in [1.165, 1.54) is 6.07 Å². The predicted octanol–water partition coefficient (Wildman–Crippen LogP) is 6.13. The third-order valence-electron chi connectivity index (χ3n) is 11.2. The third-order valence-corrected chi connectivity index (χ3v) is 11.2. The summed E-state index contributed by atoms with van der Waals surface area (Å²) in [7, 11) is 0. The normalized spacial score (nSPS) is 22.6. The highest BCUT2D eigenvalue weighted by atomic mass is 19.1. The molecule has 2 heterocycles. The van der Waals surface area contributed by atoms with E-state index in [4.69, 9.17) is 0 Å². The van der Waals surface area contributed by atoms with E-state index < -0.39 is 23.8 Å². The SMILES string of the molecule is CCC(=O)N[C@@H](C(=O)N1CCC(C)CC1)[C@@H](C)c1ccc(CC(=O)[C@@H](NC(=O)c2ccnn2C2CCCC2)C2CCC(C)CC2)c(F)c1. The van der Waals surface area contributed by atoms with E-state index in [1.807, 2.05) is 11.8 Å². The monoisotopic (exact) mass is 663 g/mol. The van der Waals surface area contributed by atoms with Crippen LogP contribution in [0.1, 0.15) is 132 Å². The van der Waals surface area contributed by atoms with Crippen molar-refractivity contribution in [3.05, 3.63) is 53.1 Å². The van der Waals surface area contributed by atoms with E-state index >= 15 is 4.39 Å². The Morgan fingerprint density at radius 3 is 2.23 bits per heavy atom. The molecule has 2 saturated carbocycles.